The first kappa shape index (κ1) is 15.8. The molecule has 6 nitrogen and oxygen atoms in total. The summed E-state index contributed by atoms with van der Waals surface area (Å²) in [4.78, 5) is 0. The summed E-state index contributed by atoms with van der Waals surface area (Å²) in [5.41, 5.74) is 1.03. The van der Waals surface area contributed by atoms with E-state index < -0.39 is 10.0 Å². The molecule has 114 valence electrons. The van der Waals surface area contributed by atoms with E-state index in [2.05, 4.69) is 20.2 Å². The molecule has 0 aliphatic rings. The molecule has 0 unspecified atom stereocenters. The predicted molar refractivity (Wildman–Crippen MR) is 82.8 cm³/mol. The number of sulfonamides is 1. The summed E-state index contributed by atoms with van der Waals surface area (Å²) in [6.07, 6.45) is 1.51. The number of nitrogens with one attached hydrogen (secondary N) is 3. The van der Waals surface area contributed by atoms with Gasteiger partial charge in [-0.3, -0.25) is 9.82 Å². The molecule has 2 aromatic rings. The van der Waals surface area contributed by atoms with Crippen LogP contribution in [-0.2, 0) is 16.6 Å². The van der Waals surface area contributed by atoms with E-state index in [1.165, 1.54) is 6.20 Å². The molecule has 0 spiro atoms. The van der Waals surface area contributed by atoms with Crippen molar-refractivity contribution < 1.29 is 8.42 Å². The highest BCUT2D eigenvalue weighted by Gasteiger charge is 2.20. The van der Waals surface area contributed by atoms with Crippen LogP contribution in [0, 0.1) is 0 Å². The van der Waals surface area contributed by atoms with Crippen molar-refractivity contribution in [2.24, 2.45) is 0 Å². The van der Waals surface area contributed by atoms with Crippen molar-refractivity contribution in [2.75, 3.05) is 4.72 Å². The van der Waals surface area contributed by atoms with E-state index in [0.29, 0.717) is 22.8 Å². The topological polar surface area (TPSA) is 86.9 Å². The average Bonchev–Trinajstić information content (AvgIpc) is 2.88. The molecule has 0 fully saturated rings. The number of halogens is 1. The Morgan fingerprint density at radius 1 is 1.29 bits per heavy atom. The smallest absolute Gasteiger partial charge is 0.279 e. The molecule has 0 atom stereocenters. The fraction of sp³-hybridized carbons (Fsp3) is 0.308. The van der Waals surface area contributed by atoms with Crippen molar-refractivity contribution in [3.8, 4) is 0 Å². The van der Waals surface area contributed by atoms with Gasteiger partial charge in [0.1, 0.15) is 0 Å². The first-order chi connectivity index (χ1) is 9.88. The summed E-state index contributed by atoms with van der Waals surface area (Å²) in [5, 5.41) is 10.1. The minimum absolute atomic E-state index is 0.0607. The number of rotatable bonds is 6. The summed E-state index contributed by atoms with van der Waals surface area (Å²) in [6, 6.07) is 6.69. The van der Waals surface area contributed by atoms with Crippen molar-refractivity contribution >= 4 is 27.3 Å². The Kier molecular flexibility index (Phi) is 4.87. The van der Waals surface area contributed by atoms with Crippen LogP contribution >= 0.6 is 11.6 Å². The molecule has 0 saturated carbocycles. The van der Waals surface area contributed by atoms with Gasteiger partial charge in [0, 0.05) is 28.9 Å². The second kappa shape index (κ2) is 6.46. The van der Waals surface area contributed by atoms with Gasteiger partial charge in [-0.1, -0.05) is 25.4 Å². The van der Waals surface area contributed by atoms with Gasteiger partial charge in [-0.15, -0.1) is 0 Å². The van der Waals surface area contributed by atoms with Gasteiger partial charge < -0.3 is 5.32 Å². The Morgan fingerprint density at radius 2 is 1.95 bits per heavy atom. The molecule has 1 aromatic carbocycles. The predicted octanol–water partition coefficient (Wildman–Crippen LogP) is 2.36. The molecule has 8 heteroatoms. The van der Waals surface area contributed by atoms with E-state index in [4.69, 9.17) is 11.6 Å². The first-order valence-corrected chi connectivity index (χ1v) is 8.28. The van der Waals surface area contributed by atoms with Gasteiger partial charge in [0.15, 0.2) is 5.03 Å². The van der Waals surface area contributed by atoms with Gasteiger partial charge in [-0.2, -0.15) is 13.5 Å². The van der Waals surface area contributed by atoms with Crippen LogP contribution in [0.1, 0.15) is 19.4 Å². The summed E-state index contributed by atoms with van der Waals surface area (Å²) in [7, 11) is -3.71. The first-order valence-electron chi connectivity index (χ1n) is 6.42. The lowest BCUT2D eigenvalue weighted by Crippen LogP contribution is -2.23. The third kappa shape index (κ3) is 4.20. The highest BCUT2D eigenvalue weighted by atomic mass is 35.5. The van der Waals surface area contributed by atoms with Crippen LogP contribution in [0.25, 0.3) is 0 Å². The van der Waals surface area contributed by atoms with Crippen molar-refractivity contribution in [3.63, 3.8) is 0 Å². The zero-order valence-electron chi connectivity index (χ0n) is 11.7. The van der Waals surface area contributed by atoms with Gasteiger partial charge in [0.25, 0.3) is 10.0 Å². The monoisotopic (exact) mass is 328 g/mol. The Bertz CT molecular complexity index is 695. The maximum Gasteiger partial charge on any atom is 0.279 e. The zero-order valence-corrected chi connectivity index (χ0v) is 13.3. The Hall–Kier alpha value is -1.57. The molecule has 0 aliphatic carbocycles. The second-order valence-electron chi connectivity index (χ2n) is 4.87. The fourth-order valence-electron chi connectivity index (χ4n) is 1.70. The number of anilines is 1. The van der Waals surface area contributed by atoms with Crippen LogP contribution in [0.15, 0.2) is 35.5 Å². The normalized spacial score (nSPS) is 11.8. The molecule has 0 saturated heterocycles. The molecular formula is C13H17ClN4O2S. The van der Waals surface area contributed by atoms with Crippen molar-refractivity contribution in [2.45, 2.75) is 31.5 Å². The molecule has 1 heterocycles. The third-order valence-corrected chi connectivity index (χ3v) is 4.39. The Morgan fingerprint density at radius 3 is 2.57 bits per heavy atom. The fourth-order valence-corrected chi connectivity index (χ4v) is 3.01. The maximum absolute atomic E-state index is 12.4. The van der Waals surface area contributed by atoms with Crippen molar-refractivity contribution in [1.29, 1.82) is 0 Å². The minimum atomic E-state index is -3.71. The van der Waals surface area contributed by atoms with Gasteiger partial charge in [0.05, 0.1) is 6.20 Å². The molecule has 1 aromatic heterocycles. The van der Waals surface area contributed by atoms with Crippen LogP contribution in [0.4, 0.5) is 5.69 Å². The number of aromatic nitrogens is 2. The van der Waals surface area contributed by atoms with E-state index in [1.807, 2.05) is 13.8 Å². The van der Waals surface area contributed by atoms with Crippen LogP contribution in [0.2, 0.25) is 5.02 Å². The quantitative estimate of drug-likeness (QED) is 0.759. The Labute approximate surface area is 129 Å². The number of hydrogen-bond acceptors (Lipinski definition) is 4. The van der Waals surface area contributed by atoms with Gasteiger partial charge in [-0.05, 0) is 24.3 Å². The third-order valence-electron chi connectivity index (χ3n) is 2.74. The van der Waals surface area contributed by atoms with E-state index in [9.17, 15) is 8.42 Å². The average molecular weight is 329 g/mol. The second-order valence-corrected chi connectivity index (χ2v) is 6.93. The highest BCUT2D eigenvalue weighted by molar-refractivity contribution is 7.92. The number of benzene rings is 1. The number of aromatic amines is 1. The van der Waals surface area contributed by atoms with E-state index >= 15 is 0 Å². The van der Waals surface area contributed by atoms with E-state index in [1.54, 1.807) is 24.3 Å². The highest BCUT2D eigenvalue weighted by Crippen LogP contribution is 2.19. The van der Waals surface area contributed by atoms with E-state index in [0.717, 1.165) is 0 Å². The lowest BCUT2D eigenvalue weighted by Gasteiger charge is -2.10. The van der Waals surface area contributed by atoms with Crippen LogP contribution in [0.3, 0.4) is 0 Å². The molecule has 0 aliphatic heterocycles. The van der Waals surface area contributed by atoms with Gasteiger partial charge >= 0.3 is 0 Å². The summed E-state index contributed by atoms with van der Waals surface area (Å²) in [5.74, 6) is 0. The van der Waals surface area contributed by atoms with Crippen molar-refractivity contribution in [3.05, 3.63) is 41.0 Å². The number of H-pyrrole nitrogens is 1. The van der Waals surface area contributed by atoms with Crippen LogP contribution < -0.4 is 10.0 Å². The summed E-state index contributed by atoms with van der Waals surface area (Å²) in [6.45, 7) is 4.39. The zero-order chi connectivity index (χ0) is 15.5. The Balaban J connectivity index is 2.19. The standard InChI is InChI=1S/C13H17ClN4O2S/c1-9(2)15-7-10-8-16-17-13(10)21(19,20)18-12-5-3-11(14)4-6-12/h3-6,8-9,15,18H,7H2,1-2H3,(H,16,17). The van der Waals surface area contributed by atoms with E-state index in [-0.39, 0.29) is 11.1 Å². The lowest BCUT2D eigenvalue weighted by molar-refractivity contribution is 0.574. The largest absolute Gasteiger partial charge is 0.310 e. The molecule has 0 amide bonds. The van der Waals surface area contributed by atoms with Gasteiger partial charge in [0.2, 0.25) is 0 Å². The minimum Gasteiger partial charge on any atom is -0.310 e. The van der Waals surface area contributed by atoms with Crippen LogP contribution in [0.5, 0.6) is 0 Å². The van der Waals surface area contributed by atoms with Crippen molar-refractivity contribution in [1.82, 2.24) is 15.5 Å². The lowest BCUT2D eigenvalue weighted by atomic mass is 10.3. The molecule has 0 radical (unpaired) electrons. The molecule has 3 N–H and O–H groups in total. The van der Waals surface area contributed by atoms with Crippen LogP contribution in [-0.4, -0.2) is 24.7 Å². The summed E-state index contributed by atoms with van der Waals surface area (Å²) >= 11 is 5.78. The van der Waals surface area contributed by atoms with Gasteiger partial charge in [-0.25, -0.2) is 0 Å². The molecular weight excluding hydrogens is 312 g/mol. The molecule has 0 bridgehead atoms. The SMILES string of the molecule is CC(C)NCc1cn[nH]c1S(=O)(=O)Nc1ccc(Cl)cc1. The maximum atomic E-state index is 12.4. The molecule has 2 rings (SSSR count). The number of nitrogens with zero attached hydrogens (tertiary/aromatic N) is 1. The molecule has 21 heavy (non-hydrogen) atoms. The summed E-state index contributed by atoms with van der Waals surface area (Å²) < 4.78 is 27.2. The number of hydrogen-bond donors (Lipinski definition) is 3.